The number of esters is 1. The van der Waals surface area contributed by atoms with Crippen molar-refractivity contribution in [3.05, 3.63) is 42.4 Å². The van der Waals surface area contributed by atoms with Crippen LogP contribution in [0.2, 0.25) is 0 Å². The molecule has 10 heteroatoms. The number of rotatable bonds is 3. The zero-order chi connectivity index (χ0) is 19.2. The van der Waals surface area contributed by atoms with Gasteiger partial charge < -0.3 is 4.74 Å². The molecule has 0 saturated carbocycles. The molecule has 1 N–H and O–H groups in total. The summed E-state index contributed by atoms with van der Waals surface area (Å²) >= 11 is 0. The van der Waals surface area contributed by atoms with Crippen molar-refractivity contribution < 1.29 is 17.9 Å². The monoisotopic (exact) mass is 383 g/mol. The fourth-order valence-electron chi connectivity index (χ4n) is 2.77. The molecule has 0 aliphatic heterocycles. The van der Waals surface area contributed by atoms with Crippen LogP contribution in [0.25, 0.3) is 33.1 Å². The summed E-state index contributed by atoms with van der Waals surface area (Å²) in [5.74, 6) is -0.479. The summed E-state index contributed by atoms with van der Waals surface area (Å²) in [5, 5.41) is 7.62. The van der Waals surface area contributed by atoms with Crippen molar-refractivity contribution in [2.45, 2.75) is 5.16 Å². The van der Waals surface area contributed by atoms with E-state index in [1.807, 2.05) is 0 Å². The maximum Gasteiger partial charge on any atom is 0.337 e. The van der Waals surface area contributed by atoms with Crippen LogP contribution in [0.15, 0.2) is 41.9 Å². The minimum absolute atomic E-state index is 0.285. The first-order valence-electron chi connectivity index (χ1n) is 7.76. The molecule has 3 heterocycles. The number of H-pyrrole nitrogens is 1. The van der Waals surface area contributed by atoms with Crippen LogP contribution < -0.4 is 0 Å². The second kappa shape index (κ2) is 6.09. The van der Waals surface area contributed by atoms with Crippen molar-refractivity contribution in [1.29, 1.82) is 0 Å². The van der Waals surface area contributed by atoms with Crippen LogP contribution in [0.1, 0.15) is 10.4 Å². The fraction of sp³-hybridized carbons (Fsp3) is 0.118. The molecule has 0 amide bonds. The number of carbonyl (C=O) groups is 1. The van der Waals surface area contributed by atoms with Crippen LogP contribution in [-0.4, -0.2) is 52.9 Å². The lowest BCUT2D eigenvalue weighted by molar-refractivity contribution is 0.0601. The van der Waals surface area contributed by atoms with Gasteiger partial charge in [-0.3, -0.25) is 5.10 Å². The fourth-order valence-corrected chi connectivity index (χ4v) is 3.27. The minimum atomic E-state index is -3.59. The topological polar surface area (TPSA) is 128 Å². The molecule has 1 aromatic carbocycles. The van der Waals surface area contributed by atoms with E-state index in [0.29, 0.717) is 38.6 Å². The van der Waals surface area contributed by atoms with Crippen molar-refractivity contribution in [3.63, 3.8) is 0 Å². The molecule has 4 aromatic rings. The van der Waals surface area contributed by atoms with Gasteiger partial charge in [0, 0.05) is 35.0 Å². The molecule has 3 aromatic heterocycles. The summed E-state index contributed by atoms with van der Waals surface area (Å²) in [6.07, 6.45) is 5.67. The van der Waals surface area contributed by atoms with Crippen LogP contribution in [-0.2, 0) is 14.6 Å². The van der Waals surface area contributed by atoms with Gasteiger partial charge in [0.05, 0.1) is 24.4 Å². The first kappa shape index (κ1) is 17.0. The van der Waals surface area contributed by atoms with E-state index in [1.165, 1.54) is 13.3 Å². The van der Waals surface area contributed by atoms with Gasteiger partial charge in [-0.25, -0.2) is 28.2 Å². The van der Waals surface area contributed by atoms with Gasteiger partial charge in [0.25, 0.3) is 0 Å². The zero-order valence-corrected chi connectivity index (χ0v) is 15.1. The van der Waals surface area contributed by atoms with E-state index >= 15 is 0 Å². The lowest BCUT2D eigenvalue weighted by Crippen LogP contribution is -2.05. The number of nitrogens with one attached hydrogen (secondary N) is 1. The summed E-state index contributed by atoms with van der Waals surface area (Å²) in [4.78, 5) is 24.6. The molecule has 0 spiro atoms. The molecule has 0 bridgehead atoms. The number of benzene rings is 1. The number of sulfone groups is 1. The predicted molar refractivity (Wildman–Crippen MR) is 96.9 cm³/mol. The Kier molecular flexibility index (Phi) is 3.84. The van der Waals surface area contributed by atoms with Crippen LogP contribution in [0.3, 0.4) is 0 Å². The van der Waals surface area contributed by atoms with E-state index < -0.39 is 15.8 Å². The van der Waals surface area contributed by atoms with Crippen molar-refractivity contribution >= 4 is 37.6 Å². The van der Waals surface area contributed by atoms with Crippen LogP contribution in [0, 0.1) is 0 Å². The van der Waals surface area contributed by atoms with Crippen LogP contribution in [0.4, 0.5) is 0 Å². The molecule has 27 heavy (non-hydrogen) atoms. The van der Waals surface area contributed by atoms with E-state index in [1.54, 1.807) is 30.6 Å². The highest BCUT2D eigenvalue weighted by molar-refractivity contribution is 7.90. The third kappa shape index (κ3) is 2.89. The quantitative estimate of drug-likeness (QED) is 0.322. The Morgan fingerprint density at radius 3 is 2.63 bits per heavy atom. The molecule has 136 valence electrons. The van der Waals surface area contributed by atoms with Crippen LogP contribution >= 0.6 is 0 Å². The van der Waals surface area contributed by atoms with Crippen molar-refractivity contribution in [2.24, 2.45) is 0 Å². The Bertz CT molecular complexity index is 1300. The number of ether oxygens (including phenoxy) is 1. The molecule has 0 saturated heterocycles. The Balaban J connectivity index is 2.11. The molecule has 0 atom stereocenters. The Hall–Kier alpha value is -3.40. The lowest BCUT2D eigenvalue weighted by atomic mass is 10.0. The highest BCUT2D eigenvalue weighted by atomic mass is 32.2. The van der Waals surface area contributed by atoms with Gasteiger partial charge in [0.2, 0.25) is 15.0 Å². The molecule has 0 aliphatic carbocycles. The van der Waals surface area contributed by atoms with E-state index in [-0.39, 0.29) is 5.16 Å². The molecule has 4 rings (SSSR count). The van der Waals surface area contributed by atoms with Crippen molar-refractivity contribution in [1.82, 2.24) is 25.1 Å². The van der Waals surface area contributed by atoms with E-state index in [2.05, 4.69) is 25.1 Å². The molecule has 0 unspecified atom stereocenters. The molecule has 0 aliphatic rings. The zero-order valence-electron chi connectivity index (χ0n) is 14.3. The number of aromatic amines is 1. The largest absolute Gasteiger partial charge is 0.465 e. The summed E-state index contributed by atoms with van der Waals surface area (Å²) in [7, 11) is -2.29. The highest BCUT2D eigenvalue weighted by Crippen LogP contribution is 2.31. The SMILES string of the molecule is COC(=O)c1ccc2c(c1)nc(-c1cn[nH]c1)c1nc(S(C)(=O)=O)ncc12. The highest BCUT2D eigenvalue weighted by Gasteiger charge is 2.18. The van der Waals surface area contributed by atoms with E-state index in [9.17, 15) is 13.2 Å². The summed E-state index contributed by atoms with van der Waals surface area (Å²) < 4.78 is 28.5. The van der Waals surface area contributed by atoms with Gasteiger partial charge in [-0.15, -0.1) is 0 Å². The Labute approximate surface area is 153 Å². The Morgan fingerprint density at radius 2 is 1.96 bits per heavy atom. The molecule has 0 fully saturated rings. The first-order valence-corrected chi connectivity index (χ1v) is 9.65. The number of nitrogens with zero attached hydrogens (tertiary/aromatic N) is 4. The van der Waals surface area contributed by atoms with Crippen LogP contribution in [0.5, 0.6) is 0 Å². The van der Waals surface area contributed by atoms with Gasteiger partial charge >= 0.3 is 5.97 Å². The number of carbonyl (C=O) groups excluding carboxylic acids is 1. The number of hydrogen-bond donors (Lipinski definition) is 1. The molecule has 9 nitrogen and oxygen atoms in total. The molecular weight excluding hydrogens is 370 g/mol. The normalized spacial score (nSPS) is 11.8. The van der Waals surface area contributed by atoms with Gasteiger partial charge in [-0.1, -0.05) is 6.07 Å². The van der Waals surface area contributed by atoms with Gasteiger partial charge in [-0.05, 0) is 12.1 Å². The molecule has 0 radical (unpaired) electrons. The van der Waals surface area contributed by atoms with Crippen molar-refractivity contribution in [2.75, 3.05) is 13.4 Å². The number of aromatic nitrogens is 5. The Morgan fingerprint density at radius 1 is 1.15 bits per heavy atom. The smallest absolute Gasteiger partial charge is 0.337 e. The predicted octanol–water partition coefficient (Wildman–Crippen LogP) is 1.76. The van der Waals surface area contributed by atoms with E-state index in [0.717, 1.165) is 6.26 Å². The standard InChI is InChI=1S/C17H13N5O4S/c1-26-16(23)9-3-4-11-12-8-18-17(27(2,24)25)22-15(12)14(21-13(11)5-9)10-6-19-20-7-10/h3-8H,1-2H3,(H,19,20). The first-order chi connectivity index (χ1) is 12.9. The third-order valence-corrected chi connectivity index (χ3v) is 4.90. The van der Waals surface area contributed by atoms with E-state index in [4.69, 9.17) is 4.74 Å². The van der Waals surface area contributed by atoms with Gasteiger partial charge in [-0.2, -0.15) is 5.10 Å². The summed E-state index contributed by atoms with van der Waals surface area (Å²) in [6, 6.07) is 4.92. The lowest BCUT2D eigenvalue weighted by Gasteiger charge is -2.09. The van der Waals surface area contributed by atoms with Gasteiger partial charge in [0.15, 0.2) is 0 Å². The average Bonchev–Trinajstić information content (AvgIpc) is 3.19. The molecular formula is C17H13N5O4S. The number of pyridine rings is 1. The third-order valence-electron chi connectivity index (χ3n) is 4.04. The maximum absolute atomic E-state index is 11.9. The second-order valence-corrected chi connectivity index (χ2v) is 7.77. The average molecular weight is 383 g/mol. The minimum Gasteiger partial charge on any atom is -0.465 e. The second-order valence-electron chi connectivity index (χ2n) is 5.86. The van der Waals surface area contributed by atoms with Gasteiger partial charge in [0.1, 0.15) is 11.2 Å². The summed E-state index contributed by atoms with van der Waals surface area (Å²) in [5.41, 5.74) is 2.32. The number of hydrogen-bond acceptors (Lipinski definition) is 8. The summed E-state index contributed by atoms with van der Waals surface area (Å²) in [6.45, 7) is 0. The van der Waals surface area contributed by atoms with Crippen molar-refractivity contribution in [3.8, 4) is 11.3 Å². The maximum atomic E-state index is 11.9. The number of methoxy groups -OCH3 is 1. The number of fused-ring (bicyclic) bond motifs is 3.